The number of benzene rings is 2. The van der Waals surface area contributed by atoms with Crippen LogP contribution in [0.5, 0.6) is 0 Å². The molecule has 5 nitrogen and oxygen atoms in total. The molecule has 1 atom stereocenters. The molecule has 5 rings (SSSR count). The molecule has 36 heavy (non-hydrogen) atoms. The lowest BCUT2D eigenvalue weighted by molar-refractivity contribution is -0.137. The predicted octanol–water partition coefficient (Wildman–Crippen LogP) is 6.31. The van der Waals surface area contributed by atoms with Crippen molar-refractivity contribution in [2.24, 2.45) is 0 Å². The molecular weight excluding hydrogens is 467 g/mol. The van der Waals surface area contributed by atoms with Gasteiger partial charge in [-0.15, -0.1) is 0 Å². The molecular formula is C28H30F3N3O2. The lowest BCUT2D eigenvalue weighted by Gasteiger charge is -2.44. The molecule has 0 radical (unpaired) electrons. The Labute approximate surface area is 208 Å². The van der Waals surface area contributed by atoms with Crippen LogP contribution in [0.3, 0.4) is 0 Å². The van der Waals surface area contributed by atoms with Crippen molar-refractivity contribution in [2.45, 2.75) is 76.2 Å². The summed E-state index contributed by atoms with van der Waals surface area (Å²) in [6.45, 7) is 1.79. The van der Waals surface area contributed by atoms with Crippen LogP contribution in [0, 0.1) is 0 Å². The number of fused-ring (bicyclic) bond motifs is 3. The van der Waals surface area contributed by atoms with Gasteiger partial charge >= 0.3 is 6.18 Å². The third-order valence-electron chi connectivity index (χ3n) is 7.55. The zero-order valence-electron chi connectivity index (χ0n) is 20.3. The van der Waals surface area contributed by atoms with Crippen LogP contribution in [0.4, 0.5) is 18.9 Å². The number of hydrogen-bond acceptors (Lipinski definition) is 2. The highest BCUT2D eigenvalue weighted by molar-refractivity contribution is 6.14. The number of aromatic nitrogens is 1. The summed E-state index contributed by atoms with van der Waals surface area (Å²) >= 11 is 0. The third-order valence-corrected chi connectivity index (χ3v) is 7.55. The van der Waals surface area contributed by atoms with Gasteiger partial charge in [-0.3, -0.25) is 14.5 Å². The van der Waals surface area contributed by atoms with Gasteiger partial charge in [0.2, 0.25) is 5.91 Å². The molecule has 2 aliphatic rings. The number of rotatable bonds is 3. The molecule has 2 amide bonds. The van der Waals surface area contributed by atoms with E-state index >= 15 is 0 Å². The number of alkyl halides is 3. The van der Waals surface area contributed by atoms with Gasteiger partial charge in [0.15, 0.2) is 0 Å². The number of nitrogens with zero attached hydrogens (tertiary/aromatic N) is 2. The zero-order valence-corrected chi connectivity index (χ0v) is 20.3. The Bertz CT molecular complexity index is 1290. The largest absolute Gasteiger partial charge is 0.416 e. The fraction of sp³-hybridized carbons (Fsp3) is 0.429. The van der Waals surface area contributed by atoms with E-state index in [1.807, 2.05) is 28.8 Å². The Kier molecular flexibility index (Phi) is 6.30. The average Bonchev–Trinajstić information content (AvgIpc) is 3.19. The first-order valence-corrected chi connectivity index (χ1v) is 12.6. The Morgan fingerprint density at radius 1 is 0.972 bits per heavy atom. The van der Waals surface area contributed by atoms with Crippen molar-refractivity contribution in [3.63, 3.8) is 0 Å². The molecule has 1 fully saturated rings. The van der Waals surface area contributed by atoms with Gasteiger partial charge in [0.05, 0.1) is 12.1 Å². The van der Waals surface area contributed by atoms with Crippen molar-refractivity contribution in [3.8, 4) is 0 Å². The van der Waals surface area contributed by atoms with E-state index in [0.717, 1.165) is 61.6 Å². The van der Waals surface area contributed by atoms with Crippen molar-refractivity contribution >= 4 is 28.4 Å². The second-order valence-corrected chi connectivity index (χ2v) is 10.2. The summed E-state index contributed by atoms with van der Waals surface area (Å²) in [5.41, 5.74) is -1.05. The topological polar surface area (TPSA) is 54.3 Å². The molecule has 8 heteroatoms. The van der Waals surface area contributed by atoms with Crippen molar-refractivity contribution in [2.75, 3.05) is 4.90 Å². The van der Waals surface area contributed by atoms with Gasteiger partial charge in [0, 0.05) is 22.6 Å². The number of nitrogens with one attached hydrogen (secondary N) is 1. The lowest BCUT2D eigenvalue weighted by Crippen LogP contribution is -2.65. The van der Waals surface area contributed by atoms with Gasteiger partial charge in [-0.1, -0.05) is 56.4 Å². The highest BCUT2D eigenvalue weighted by Gasteiger charge is 2.49. The van der Waals surface area contributed by atoms with Crippen LogP contribution in [-0.2, 0) is 17.5 Å². The molecule has 0 bridgehead atoms. The van der Waals surface area contributed by atoms with Crippen LogP contribution in [0.25, 0.3) is 10.9 Å². The average molecular weight is 498 g/mol. The quantitative estimate of drug-likeness (QED) is 0.461. The van der Waals surface area contributed by atoms with Crippen LogP contribution in [0.2, 0.25) is 0 Å². The Hall–Kier alpha value is -3.29. The lowest BCUT2D eigenvalue weighted by atomic mass is 9.91. The first-order valence-electron chi connectivity index (χ1n) is 12.6. The smallest absolute Gasteiger partial charge is 0.351 e. The van der Waals surface area contributed by atoms with E-state index in [-0.39, 0.29) is 24.2 Å². The molecule has 2 aromatic carbocycles. The standard InChI is InChI=1S/C28H30F3N3O2/c1-27(26(36)32-21-12-5-3-2-4-6-13-21)18-33-23-15-8-7-10-19(23)16-24(33)25(35)34(27)22-14-9-11-20(17-22)28(29,30)31/h7-11,14-17,21H,2-6,12-13,18H2,1H3,(H,32,36). The van der Waals surface area contributed by atoms with E-state index in [1.165, 1.54) is 23.5 Å². The SMILES string of the molecule is CC1(C(=O)NC2CCCCCCC2)Cn2c(cc3ccccc32)C(=O)N1c1cccc(C(F)(F)F)c1. The molecule has 1 unspecified atom stereocenters. The summed E-state index contributed by atoms with van der Waals surface area (Å²) in [6, 6.07) is 13.9. The van der Waals surface area contributed by atoms with E-state index in [4.69, 9.17) is 0 Å². The minimum atomic E-state index is -4.57. The third kappa shape index (κ3) is 4.38. The minimum Gasteiger partial charge on any atom is -0.351 e. The van der Waals surface area contributed by atoms with Crippen molar-refractivity contribution in [3.05, 3.63) is 65.9 Å². The van der Waals surface area contributed by atoms with Crippen LogP contribution < -0.4 is 10.2 Å². The molecule has 0 spiro atoms. The van der Waals surface area contributed by atoms with Crippen LogP contribution in [-0.4, -0.2) is 28.0 Å². The van der Waals surface area contributed by atoms with E-state index in [2.05, 4.69) is 5.32 Å². The van der Waals surface area contributed by atoms with Gasteiger partial charge in [-0.05, 0) is 50.1 Å². The predicted molar refractivity (Wildman–Crippen MR) is 133 cm³/mol. The maximum absolute atomic E-state index is 13.9. The summed E-state index contributed by atoms with van der Waals surface area (Å²) in [6.07, 6.45) is 2.62. The monoisotopic (exact) mass is 497 g/mol. The Balaban J connectivity index is 1.59. The minimum absolute atomic E-state index is 0.0177. The molecule has 1 aliphatic carbocycles. The van der Waals surface area contributed by atoms with Crippen LogP contribution >= 0.6 is 0 Å². The molecule has 1 aromatic heterocycles. The van der Waals surface area contributed by atoms with E-state index in [9.17, 15) is 22.8 Å². The second kappa shape index (κ2) is 9.30. The summed E-state index contributed by atoms with van der Waals surface area (Å²) in [7, 11) is 0. The molecule has 2 heterocycles. The fourth-order valence-electron chi connectivity index (χ4n) is 5.61. The van der Waals surface area contributed by atoms with Gasteiger partial charge in [-0.25, -0.2) is 0 Å². The summed E-state index contributed by atoms with van der Waals surface area (Å²) in [5, 5.41) is 4.01. The Morgan fingerprint density at radius 2 is 1.67 bits per heavy atom. The number of anilines is 1. The van der Waals surface area contributed by atoms with Gasteiger partial charge in [0.25, 0.3) is 5.91 Å². The number of carbonyl (C=O) groups excluding carboxylic acids is 2. The highest BCUT2D eigenvalue weighted by Crippen LogP contribution is 2.38. The van der Waals surface area contributed by atoms with Crippen molar-refractivity contribution in [1.82, 2.24) is 9.88 Å². The summed E-state index contributed by atoms with van der Waals surface area (Å²) in [4.78, 5) is 29.1. The van der Waals surface area contributed by atoms with E-state index in [0.29, 0.717) is 5.69 Å². The molecule has 1 aliphatic heterocycles. The summed E-state index contributed by atoms with van der Waals surface area (Å²) in [5.74, 6) is -0.839. The number of amides is 2. The number of para-hydroxylation sites is 1. The molecule has 3 aromatic rings. The van der Waals surface area contributed by atoms with Crippen LogP contribution in [0.1, 0.15) is 67.9 Å². The number of carbonyl (C=O) groups is 2. The number of halogens is 3. The summed E-state index contributed by atoms with van der Waals surface area (Å²) < 4.78 is 42.5. The van der Waals surface area contributed by atoms with Crippen molar-refractivity contribution in [1.29, 1.82) is 0 Å². The van der Waals surface area contributed by atoms with E-state index < -0.39 is 23.2 Å². The normalized spacial score (nSPS) is 21.7. The first-order chi connectivity index (χ1) is 17.2. The fourth-order valence-corrected chi connectivity index (χ4v) is 5.61. The highest BCUT2D eigenvalue weighted by atomic mass is 19.4. The maximum atomic E-state index is 13.9. The van der Waals surface area contributed by atoms with E-state index in [1.54, 1.807) is 13.0 Å². The van der Waals surface area contributed by atoms with Crippen LogP contribution in [0.15, 0.2) is 54.6 Å². The molecule has 0 saturated heterocycles. The van der Waals surface area contributed by atoms with Crippen molar-refractivity contribution < 1.29 is 22.8 Å². The molecule has 1 N–H and O–H groups in total. The first kappa shape index (κ1) is 24.4. The maximum Gasteiger partial charge on any atom is 0.416 e. The molecule has 1 saturated carbocycles. The van der Waals surface area contributed by atoms with Gasteiger partial charge in [0.1, 0.15) is 11.2 Å². The van der Waals surface area contributed by atoms with Gasteiger partial charge < -0.3 is 9.88 Å². The van der Waals surface area contributed by atoms with Gasteiger partial charge in [-0.2, -0.15) is 13.2 Å². The molecule has 190 valence electrons. The Morgan fingerprint density at radius 3 is 2.39 bits per heavy atom. The number of hydrogen-bond donors (Lipinski definition) is 1. The zero-order chi connectivity index (χ0) is 25.5. The second-order valence-electron chi connectivity index (χ2n) is 10.2.